The molecule has 0 bridgehead atoms. The van der Waals surface area contributed by atoms with E-state index in [0.29, 0.717) is 38.8 Å². The van der Waals surface area contributed by atoms with Crippen molar-refractivity contribution in [2.45, 2.75) is 77.5 Å². The highest BCUT2D eigenvalue weighted by atomic mass is 16.6. The van der Waals surface area contributed by atoms with Crippen LogP contribution < -0.4 is 10.1 Å². The molecular weight excluding hydrogens is 466 g/mol. The predicted molar refractivity (Wildman–Crippen MR) is 147 cm³/mol. The molecule has 7 nitrogen and oxygen atoms in total. The molecule has 1 aliphatic heterocycles. The van der Waals surface area contributed by atoms with Gasteiger partial charge in [0, 0.05) is 37.8 Å². The van der Waals surface area contributed by atoms with E-state index < -0.39 is 5.60 Å². The highest BCUT2D eigenvalue weighted by Gasteiger charge is 2.29. The Hall–Kier alpha value is -2.80. The van der Waals surface area contributed by atoms with Crippen LogP contribution in [0.25, 0.3) is 10.8 Å². The number of carbonyl (C=O) groups is 2. The zero-order chi connectivity index (χ0) is 26.4. The standard InChI is InChI=1S/C30H43N3O4/c1-30(2,3)37-29(35)32-17-9-10-22(19-32)18-31-28(34)21-33(24-12-6-7-13-24)20-26-25-14-8-5-11-23(25)15-16-27(26)36-4/h5,8,11,14-16,22,24H,6-7,9-10,12-13,17-21H2,1-4H3,(H,31,34). The highest BCUT2D eigenvalue weighted by Crippen LogP contribution is 2.32. The lowest BCUT2D eigenvalue weighted by Gasteiger charge is -2.34. The van der Waals surface area contributed by atoms with Crippen LogP contribution in [0.5, 0.6) is 5.75 Å². The monoisotopic (exact) mass is 509 g/mol. The van der Waals surface area contributed by atoms with Gasteiger partial charge in [0.25, 0.3) is 0 Å². The lowest BCUT2D eigenvalue weighted by Crippen LogP contribution is -2.47. The van der Waals surface area contributed by atoms with Crippen LogP contribution in [0.2, 0.25) is 0 Å². The fourth-order valence-corrected chi connectivity index (χ4v) is 5.68. The first-order chi connectivity index (χ1) is 17.7. The molecule has 2 aromatic carbocycles. The van der Waals surface area contributed by atoms with Crippen LogP contribution in [-0.4, -0.2) is 66.7 Å². The van der Waals surface area contributed by atoms with Gasteiger partial charge in [-0.05, 0) is 69.2 Å². The molecule has 2 aliphatic rings. The molecule has 4 rings (SSSR count). The molecule has 1 aliphatic carbocycles. The highest BCUT2D eigenvalue weighted by molar-refractivity contribution is 5.88. The summed E-state index contributed by atoms with van der Waals surface area (Å²) in [4.78, 5) is 29.8. The molecule has 2 aromatic rings. The molecule has 0 radical (unpaired) electrons. The normalized spacial score (nSPS) is 18.8. The number of nitrogens with one attached hydrogen (secondary N) is 1. The largest absolute Gasteiger partial charge is 0.496 e. The SMILES string of the molecule is COc1ccc2ccccc2c1CN(CC(=O)NCC1CCCN(C(=O)OC(C)(C)C)C1)C1CCCC1. The molecule has 0 aromatic heterocycles. The Morgan fingerprint density at radius 2 is 1.81 bits per heavy atom. The molecule has 1 atom stereocenters. The van der Waals surface area contributed by atoms with E-state index in [2.05, 4.69) is 40.5 Å². The van der Waals surface area contributed by atoms with Crippen molar-refractivity contribution in [1.82, 2.24) is 15.1 Å². The van der Waals surface area contributed by atoms with Crippen molar-refractivity contribution < 1.29 is 19.1 Å². The number of benzene rings is 2. The number of likely N-dealkylation sites (tertiary alicyclic amines) is 1. The van der Waals surface area contributed by atoms with E-state index in [4.69, 9.17) is 9.47 Å². The van der Waals surface area contributed by atoms with Gasteiger partial charge in [0.1, 0.15) is 11.4 Å². The van der Waals surface area contributed by atoms with Crippen LogP contribution in [0.15, 0.2) is 36.4 Å². The van der Waals surface area contributed by atoms with E-state index in [-0.39, 0.29) is 17.9 Å². The Labute approximate surface area is 221 Å². The topological polar surface area (TPSA) is 71.1 Å². The van der Waals surface area contributed by atoms with E-state index >= 15 is 0 Å². The van der Waals surface area contributed by atoms with Gasteiger partial charge in [-0.2, -0.15) is 0 Å². The molecule has 37 heavy (non-hydrogen) atoms. The van der Waals surface area contributed by atoms with Gasteiger partial charge < -0.3 is 19.7 Å². The summed E-state index contributed by atoms with van der Waals surface area (Å²) in [6.45, 7) is 8.60. The average molecular weight is 510 g/mol. The number of rotatable bonds is 8. The Kier molecular flexibility index (Phi) is 8.95. The van der Waals surface area contributed by atoms with Crippen molar-refractivity contribution in [3.05, 3.63) is 42.0 Å². The lowest BCUT2D eigenvalue weighted by atomic mass is 9.98. The minimum atomic E-state index is -0.505. The van der Waals surface area contributed by atoms with Gasteiger partial charge in [0.15, 0.2) is 0 Å². The molecule has 1 saturated carbocycles. The van der Waals surface area contributed by atoms with Crippen LogP contribution in [0, 0.1) is 5.92 Å². The maximum absolute atomic E-state index is 13.2. The van der Waals surface area contributed by atoms with Crippen LogP contribution in [0.1, 0.15) is 64.9 Å². The van der Waals surface area contributed by atoms with Gasteiger partial charge in [-0.25, -0.2) is 4.79 Å². The predicted octanol–water partition coefficient (Wildman–Crippen LogP) is 5.36. The zero-order valence-electron chi connectivity index (χ0n) is 22.9. The van der Waals surface area contributed by atoms with E-state index in [1.54, 1.807) is 12.0 Å². The molecule has 202 valence electrons. The summed E-state index contributed by atoms with van der Waals surface area (Å²) in [6.07, 6.45) is 6.31. The lowest BCUT2D eigenvalue weighted by molar-refractivity contribution is -0.123. The summed E-state index contributed by atoms with van der Waals surface area (Å²) >= 11 is 0. The second-order valence-electron chi connectivity index (χ2n) is 11.5. The van der Waals surface area contributed by atoms with Crippen LogP contribution in [0.4, 0.5) is 4.79 Å². The average Bonchev–Trinajstić information content (AvgIpc) is 3.41. The van der Waals surface area contributed by atoms with Crippen molar-refractivity contribution in [3.63, 3.8) is 0 Å². The Bertz CT molecular complexity index is 1070. The van der Waals surface area contributed by atoms with Crippen molar-refractivity contribution in [2.75, 3.05) is 33.3 Å². The number of nitrogens with zero attached hydrogens (tertiary/aromatic N) is 2. The Morgan fingerprint density at radius 1 is 1.05 bits per heavy atom. The van der Waals surface area contributed by atoms with Crippen molar-refractivity contribution in [2.24, 2.45) is 5.92 Å². The summed E-state index contributed by atoms with van der Waals surface area (Å²) in [5.41, 5.74) is 0.634. The first kappa shape index (κ1) is 27.2. The van der Waals surface area contributed by atoms with Gasteiger partial charge >= 0.3 is 6.09 Å². The van der Waals surface area contributed by atoms with Crippen molar-refractivity contribution in [3.8, 4) is 5.75 Å². The number of ether oxygens (including phenoxy) is 2. The Balaban J connectivity index is 1.39. The molecule has 1 saturated heterocycles. The number of fused-ring (bicyclic) bond motifs is 1. The first-order valence-electron chi connectivity index (χ1n) is 13.8. The zero-order valence-corrected chi connectivity index (χ0v) is 22.9. The molecule has 1 N–H and O–H groups in total. The third-order valence-corrected chi connectivity index (χ3v) is 7.53. The molecule has 1 heterocycles. The Morgan fingerprint density at radius 3 is 2.54 bits per heavy atom. The van der Waals surface area contributed by atoms with Gasteiger partial charge in [-0.1, -0.05) is 43.2 Å². The molecule has 7 heteroatoms. The van der Waals surface area contributed by atoms with Crippen molar-refractivity contribution in [1.29, 1.82) is 0 Å². The van der Waals surface area contributed by atoms with Crippen LogP contribution >= 0.6 is 0 Å². The summed E-state index contributed by atoms with van der Waals surface area (Å²) in [7, 11) is 1.71. The first-order valence-corrected chi connectivity index (χ1v) is 13.8. The fourth-order valence-electron chi connectivity index (χ4n) is 5.68. The second kappa shape index (κ2) is 12.2. The van der Waals surface area contributed by atoms with Crippen LogP contribution in [-0.2, 0) is 16.1 Å². The van der Waals surface area contributed by atoms with E-state index in [1.165, 1.54) is 23.6 Å². The summed E-state index contributed by atoms with van der Waals surface area (Å²) in [5.74, 6) is 1.15. The van der Waals surface area contributed by atoms with Gasteiger partial charge in [-0.3, -0.25) is 9.69 Å². The molecule has 2 amide bonds. The molecule has 1 unspecified atom stereocenters. The maximum atomic E-state index is 13.2. The number of carbonyl (C=O) groups excluding carboxylic acids is 2. The number of methoxy groups -OCH3 is 1. The van der Waals surface area contributed by atoms with E-state index in [0.717, 1.165) is 37.0 Å². The second-order valence-corrected chi connectivity index (χ2v) is 11.5. The minimum Gasteiger partial charge on any atom is -0.496 e. The fraction of sp³-hybridized carbons (Fsp3) is 0.600. The maximum Gasteiger partial charge on any atom is 0.410 e. The van der Waals surface area contributed by atoms with E-state index in [9.17, 15) is 9.59 Å². The minimum absolute atomic E-state index is 0.0421. The van der Waals surface area contributed by atoms with Crippen LogP contribution in [0.3, 0.4) is 0 Å². The smallest absolute Gasteiger partial charge is 0.410 e. The summed E-state index contributed by atoms with van der Waals surface area (Å²) < 4.78 is 11.3. The van der Waals surface area contributed by atoms with E-state index in [1.807, 2.05) is 26.8 Å². The van der Waals surface area contributed by atoms with Gasteiger partial charge in [0.05, 0.1) is 13.7 Å². The van der Waals surface area contributed by atoms with Gasteiger partial charge in [-0.15, -0.1) is 0 Å². The van der Waals surface area contributed by atoms with Crippen molar-refractivity contribution >= 4 is 22.8 Å². The summed E-state index contributed by atoms with van der Waals surface area (Å²) in [6, 6.07) is 12.9. The number of hydrogen-bond acceptors (Lipinski definition) is 5. The third-order valence-electron chi connectivity index (χ3n) is 7.53. The molecule has 0 spiro atoms. The van der Waals surface area contributed by atoms with Gasteiger partial charge in [0.2, 0.25) is 5.91 Å². The number of amides is 2. The molecule has 2 fully saturated rings. The summed E-state index contributed by atoms with van der Waals surface area (Å²) in [5, 5.41) is 5.53. The number of hydrogen-bond donors (Lipinski definition) is 1. The molecular formula is C30H43N3O4. The third kappa shape index (κ3) is 7.37. The quantitative estimate of drug-likeness (QED) is 0.519. The number of piperidine rings is 1.